The lowest BCUT2D eigenvalue weighted by Crippen LogP contribution is -2.40. The fourth-order valence-corrected chi connectivity index (χ4v) is 6.15. The van der Waals surface area contributed by atoms with Gasteiger partial charge in [-0.15, -0.1) is 0 Å². The minimum atomic E-state index is -3.83. The van der Waals surface area contributed by atoms with E-state index in [0.29, 0.717) is 40.9 Å². The van der Waals surface area contributed by atoms with Gasteiger partial charge < -0.3 is 29.0 Å². The highest BCUT2D eigenvalue weighted by Crippen LogP contribution is 2.23. The van der Waals surface area contributed by atoms with Crippen LogP contribution in [0, 0.1) is 0 Å². The maximum atomic E-state index is 13.5. The number of sulfone groups is 1. The first-order chi connectivity index (χ1) is 18.8. The first-order valence-electron chi connectivity index (χ1n) is 12.6. The number of aromatic nitrogens is 2. The Morgan fingerprint density at radius 1 is 1.23 bits per heavy atom. The molecule has 1 aliphatic rings. The second-order valence-electron chi connectivity index (χ2n) is 9.24. The van der Waals surface area contributed by atoms with Crippen LogP contribution in [0.2, 0.25) is 5.02 Å². The third kappa shape index (κ3) is 7.72. The number of hydrogen-bond acceptors (Lipinski definition) is 7. The van der Waals surface area contributed by atoms with Crippen molar-refractivity contribution in [3.8, 4) is 5.75 Å². The van der Waals surface area contributed by atoms with E-state index in [1.165, 1.54) is 13.3 Å². The Morgan fingerprint density at radius 3 is 2.77 bits per heavy atom. The van der Waals surface area contributed by atoms with Crippen LogP contribution in [0.1, 0.15) is 24.1 Å². The molecule has 1 saturated heterocycles. The zero-order chi connectivity index (χ0) is 27.8. The number of nitrogens with zero attached hydrogens (tertiary/aromatic N) is 3. The van der Waals surface area contributed by atoms with E-state index in [-0.39, 0.29) is 42.7 Å². The predicted octanol–water partition coefficient (Wildman–Crippen LogP) is 4.38. The molecule has 2 amide bonds. The van der Waals surface area contributed by atoms with Crippen molar-refractivity contribution in [1.29, 1.82) is 0 Å². The van der Waals surface area contributed by atoms with Crippen LogP contribution in [0.3, 0.4) is 0 Å². The van der Waals surface area contributed by atoms with Crippen molar-refractivity contribution in [2.24, 2.45) is 0 Å². The van der Waals surface area contributed by atoms with E-state index in [1.807, 2.05) is 0 Å². The van der Waals surface area contributed by atoms with Gasteiger partial charge in [0.25, 0.3) is 0 Å². The average molecular weight is 577 g/mol. The highest BCUT2D eigenvalue weighted by atomic mass is 35.5. The predicted molar refractivity (Wildman–Crippen MR) is 148 cm³/mol. The number of rotatable bonds is 12. The molecular formula is C27H33ClN4O6S. The summed E-state index contributed by atoms with van der Waals surface area (Å²) >= 11 is 6.09. The Hall–Kier alpha value is -3.12. The fourth-order valence-electron chi connectivity index (χ4n) is 4.45. The molecule has 2 heterocycles. The van der Waals surface area contributed by atoms with Crippen LogP contribution < -0.4 is 10.1 Å². The summed E-state index contributed by atoms with van der Waals surface area (Å²) in [4.78, 5) is 19.3. The van der Waals surface area contributed by atoms with Crippen LogP contribution in [-0.4, -0.2) is 69.0 Å². The fraction of sp³-hybridized carbons (Fsp3) is 0.407. The summed E-state index contributed by atoms with van der Waals surface area (Å²) in [5, 5.41) is 3.31. The number of halogens is 1. The van der Waals surface area contributed by atoms with Gasteiger partial charge in [-0.1, -0.05) is 29.8 Å². The molecule has 1 fully saturated rings. The van der Waals surface area contributed by atoms with Crippen LogP contribution in [0.15, 0.2) is 59.9 Å². The summed E-state index contributed by atoms with van der Waals surface area (Å²) in [6.45, 7) is 1.63. The highest BCUT2D eigenvalue weighted by molar-refractivity contribution is 7.90. The second-order valence-corrected chi connectivity index (χ2v) is 11.6. The van der Waals surface area contributed by atoms with E-state index >= 15 is 0 Å². The summed E-state index contributed by atoms with van der Waals surface area (Å²) in [5.41, 5.74) is 1.70. The van der Waals surface area contributed by atoms with Crippen molar-refractivity contribution in [2.75, 3.05) is 39.3 Å². The van der Waals surface area contributed by atoms with Gasteiger partial charge in [-0.25, -0.2) is 18.2 Å². The number of amides is 2. The van der Waals surface area contributed by atoms with Gasteiger partial charge in [-0.05, 0) is 48.7 Å². The highest BCUT2D eigenvalue weighted by Gasteiger charge is 2.28. The van der Waals surface area contributed by atoms with Gasteiger partial charge in [0.1, 0.15) is 5.75 Å². The molecule has 0 spiro atoms. The molecule has 1 aromatic heterocycles. The molecule has 10 nitrogen and oxygen atoms in total. The zero-order valence-electron chi connectivity index (χ0n) is 22.0. The molecule has 1 atom stereocenters. The third-order valence-corrected chi connectivity index (χ3v) is 8.18. The van der Waals surface area contributed by atoms with Gasteiger partial charge in [-0.3, -0.25) is 0 Å². The number of carbonyl (C=O) groups is 1. The quantitative estimate of drug-likeness (QED) is 0.340. The summed E-state index contributed by atoms with van der Waals surface area (Å²) in [7, 11) is -0.753. The minimum absolute atomic E-state index is 0.0790. The minimum Gasteiger partial charge on any atom is -0.497 e. The van der Waals surface area contributed by atoms with Crippen molar-refractivity contribution in [3.05, 3.63) is 71.0 Å². The number of nitrogens with one attached hydrogen (secondary N) is 1. The Labute approximate surface area is 233 Å². The Morgan fingerprint density at radius 2 is 2.05 bits per heavy atom. The van der Waals surface area contributed by atoms with E-state index in [0.717, 1.165) is 12.8 Å². The molecule has 0 aliphatic carbocycles. The van der Waals surface area contributed by atoms with Gasteiger partial charge in [0.05, 0.1) is 44.0 Å². The third-order valence-electron chi connectivity index (χ3n) is 6.35. The maximum Gasteiger partial charge on any atom is 0.322 e. The molecule has 210 valence electrons. The van der Waals surface area contributed by atoms with Gasteiger partial charge >= 0.3 is 6.03 Å². The van der Waals surface area contributed by atoms with Gasteiger partial charge in [0, 0.05) is 37.5 Å². The molecule has 0 saturated carbocycles. The SMILES string of the molecule is COCCn1c(CN(CC2CCCO2)C(=O)Nc2cccc(Cl)c2)cnc1S(=O)(=O)Cc1cccc(OC)c1. The molecule has 0 bridgehead atoms. The van der Waals surface area contributed by atoms with E-state index in [1.54, 1.807) is 65.1 Å². The topological polar surface area (TPSA) is 112 Å². The average Bonchev–Trinajstić information content (AvgIpc) is 3.57. The molecule has 12 heteroatoms. The number of carbonyl (C=O) groups excluding carboxylic acids is 1. The largest absolute Gasteiger partial charge is 0.497 e. The molecule has 1 unspecified atom stereocenters. The second kappa shape index (κ2) is 13.3. The van der Waals surface area contributed by atoms with Gasteiger partial charge in [0.2, 0.25) is 15.0 Å². The summed E-state index contributed by atoms with van der Waals surface area (Å²) in [6, 6.07) is 13.4. The van der Waals surface area contributed by atoms with Crippen molar-refractivity contribution < 1.29 is 27.4 Å². The lowest BCUT2D eigenvalue weighted by molar-refractivity contribution is 0.0811. The van der Waals surface area contributed by atoms with E-state index in [4.69, 9.17) is 25.8 Å². The number of hydrogen-bond donors (Lipinski definition) is 1. The monoisotopic (exact) mass is 576 g/mol. The first kappa shape index (κ1) is 28.9. The van der Waals surface area contributed by atoms with Crippen LogP contribution in [0.25, 0.3) is 0 Å². The Bertz CT molecular complexity index is 1370. The van der Waals surface area contributed by atoms with Crippen LogP contribution in [0.5, 0.6) is 5.75 Å². The number of imidazole rings is 1. The molecule has 1 N–H and O–H groups in total. The summed E-state index contributed by atoms with van der Waals surface area (Å²) in [6.07, 6.45) is 3.15. The van der Waals surface area contributed by atoms with Gasteiger partial charge in [0.15, 0.2) is 0 Å². The smallest absolute Gasteiger partial charge is 0.322 e. The number of methoxy groups -OCH3 is 2. The maximum absolute atomic E-state index is 13.5. The zero-order valence-corrected chi connectivity index (χ0v) is 23.6. The van der Waals surface area contributed by atoms with E-state index in [9.17, 15) is 13.2 Å². The van der Waals surface area contributed by atoms with E-state index < -0.39 is 9.84 Å². The Kier molecular flexibility index (Phi) is 9.84. The van der Waals surface area contributed by atoms with Crippen LogP contribution in [0.4, 0.5) is 10.5 Å². The summed E-state index contributed by atoms with van der Waals surface area (Å²) < 4.78 is 44.8. The number of urea groups is 1. The molecule has 1 aliphatic heterocycles. The van der Waals surface area contributed by atoms with Gasteiger partial charge in [-0.2, -0.15) is 0 Å². The van der Waals surface area contributed by atoms with Crippen molar-refractivity contribution in [2.45, 2.75) is 42.9 Å². The lowest BCUT2D eigenvalue weighted by Gasteiger charge is -2.26. The molecule has 0 radical (unpaired) electrons. The van der Waals surface area contributed by atoms with Crippen LogP contribution >= 0.6 is 11.6 Å². The molecule has 39 heavy (non-hydrogen) atoms. The molecule has 4 rings (SSSR count). The Balaban J connectivity index is 1.61. The molecule has 3 aromatic rings. The molecular weight excluding hydrogens is 544 g/mol. The van der Waals surface area contributed by atoms with Crippen LogP contribution in [-0.2, 0) is 38.2 Å². The van der Waals surface area contributed by atoms with Crippen molar-refractivity contribution in [3.63, 3.8) is 0 Å². The molecule has 2 aromatic carbocycles. The first-order valence-corrected chi connectivity index (χ1v) is 14.6. The number of anilines is 1. The van der Waals surface area contributed by atoms with Crippen molar-refractivity contribution >= 4 is 33.2 Å². The normalized spacial score (nSPS) is 15.3. The van der Waals surface area contributed by atoms with Crippen molar-refractivity contribution in [1.82, 2.24) is 14.5 Å². The standard InChI is InChI=1S/C27H33ClN4O6S/c1-36-13-11-32-23(16-29-27(32)39(34,35)19-20-6-3-9-24(14-20)37-2)17-31(18-25-10-5-12-38-25)26(33)30-22-8-4-7-21(28)15-22/h3-4,6-9,14-16,25H,5,10-13,17-19H2,1-2H3,(H,30,33). The number of ether oxygens (including phenoxy) is 3. The number of benzene rings is 2. The van der Waals surface area contributed by atoms with E-state index in [2.05, 4.69) is 10.3 Å². The summed E-state index contributed by atoms with van der Waals surface area (Å²) in [5.74, 6) is 0.323. The lowest BCUT2D eigenvalue weighted by atomic mass is 10.2.